The van der Waals surface area contributed by atoms with E-state index in [0.29, 0.717) is 5.75 Å². The Morgan fingerprint density at radius 3 is 2.86 bits per heavy atom. The van der Waals surface area contributed by atoms with Crippen LogP contribution in [0.1, 0.15) is 5.56 Å². The van der Waals surface area contributed by atoms with Crippen molar-refractivity contribution in [2.24, 2.45) is 0 Å². The normalized spacial score (nSPS) is 10.1. The van der Waals surface area contributed by atoms with E-state index in [9.17, 15) is 9.59 Å². The second-order valence-corrected chi connectivity index (χ2v) is 4.19. The second kappa shape index (κ2) is 6.51. The van der Waals surface area contributed by atoms with Crippen molar-refractivity contribution in [3.63, 3.8) is 0 Å². The maximum Gasteiger partial charge on any atom is 0.327 e. The van der Waals surface area contributed by atoms with Crippen molar-refractivity contribution in [2.45, 2.75) is 13.0 Å². The minimum atomic E-state index is -1.06. The highest BCUT2D eigenvalue weighted by Gasteiger charge is 2.11. The summed E-state index contributed by atoms with van der Waals surface area (Å²) >= 11 is 0. The van der Waals surface area contributed by atoms with Gasteiger partial charge in [0.2, 0.25) is 5.91 Å². The van der Waals surface area contributed by atoms with E-state index >= 15 is 0 Å². The Balaban J connectivity index is 1.98. The fourth-order valence-corrected chi connectivity index (χ4v) is 1.76. The van der Waals surface area contributed by atoms with Crippen LogP contribution >= 0.6 is 0 Å². The zero-order chi connectivity index (χ0) is 15.2. The summed E-state index contributed by atoms with van der Waals surface area (Å²) in [5.74, 6) is -0.516. The molecule has 2 N–H and O–H groups in total. The third kappa shape index (κ3) is 4.03. The highest BCUT2D eigenvalue weighted by molar-refractivity contribution is 5.91. The van der Waals surface area contributed by atoms with Gasteiger partial charge in [-0.05, 0) is 6.07 Å². The lowest BCUT2D eigenvalue weighted by Gasteiger charge is -2.07. The molecule has 21 heavy (non-hydrogen) atoms. The number of nitrogens with zero attached hydrogens (tertiary/aromatic N) is 3. The van der Waals surface area contributed by atoms with Crippen molar-refractivity contribution in [1.29, 1.82) is 0 Å². The van der Waals surface area contributed by atoms with Gasteiger partial charge in [-0.15, -0.1) is 5.10 Å². The molecule has 0 aliphatic rings. The Labute approximate surface area is 120 Å². The summed E-state index contributed by atoms with van der Waals surface area (Å²) in [5.41, 5.74) is 0.746. The number of para-hydroxylation sites is 1. The largest absolute Gasteiger partial charge is 0.496 e. The number of carbonyl (C=O) groups is 2. The molecule has 1 aromatic heterocycles. The van der Waals surface area contributed by atoms with Crippen LogP contribution in [0.3, 0.4) is 0 Å². The topological polar surface area (TPSA) is 106 Å². The molecule has 2 rings (SSSR count). The average molecular weight is 290 g/mol. The van der Waals surface area contributed by atoms with Crippen LogP contribution in [0.25, 0.3) is 0 Å². The zero-order valence-corrected chi connectivity index (χ0v) is 11.3. The van der Waals surface area contributed by atoms with Crippen molar-refractivity contribution >= 4 is 17.7 Å². The van der Waals surface area contributed by atoms with Crippen molar-refractivity contribution in [2.75, 3.05) is 12.4 Å². The van der Waals surface area contributed by atoms with E-state index < -0.39 is 5.97 Å². The number of rotatable bonds is 6. The Hall–Kier alpha value is -2.90. The number of ether oxygens (including phenoxy) is 1. The molecule has 0 saturated heterocycles. The number of carbonyl (C=O) groups excluding carboxylic acids is 1. The van der Waals surface area contributed by atoms with Gasteiger partial charge in [-0.3, -0.25) is 9.59 Å². The number of aliphatic carboxylic acids is 1. The molecule has 8 nitrogen and oxygen atoms in total. The summed E-state index contributed by atoms with van der Waals surface area (Å²) in [6.07, 6.45) is 1.42. The molecule has 0 radical (unpaired) electrons. The molecule has 1 amide bonds. The van der Waals surface area contributed by atoms with Crippen molar-refractivity contribution in [1.82, 2.24) is 15.0 Å². The first-order valence-electron chi connectivity index (χ1n) is 6.12. The lowest BCUT2D eigenvalue weighted by molar-refractivity contribution is -0.138. The fraction of sp³-hybridized carbons (Fsp3) is 0.231. The van der Waals surface area contributed by atoms with Crippen LogP contribution in [0.2, 0.25) is 0 Å². The molecule has 2 aromatic rings. The summed E-state index contributed by atoms with van der Waals surface area (Å²) in [6, 6.07) is 7.19. The van der Waals surface area contributed by atoms with Gasteiger partial charge >= 0.3 is 5.97 Å². The molecular formula is C13H14N4O4. The SMILES string of the molecule is COc1ccccc1CC(=O)Nc1cnn(CC(=O)O)n1. The number of nitrogens with one attached hydrogen (secondary N) is 1. The number of methoxy groups -OCH3 is 1. The molecule has 1 aromatic carbocycles. The maximum absolute atomic E-state index is 11.9. The fourth-order valence-electron chi connectivity index (χ4n) is 1.76. The lowest BCUT2D eigenvalue weighted by atomic mass is 10.1. The summed E-state index contributed by atoms with van der Waals surface area (Å²) in [5, 5.41) is 18.7. The van der Waals surface area contributed by atoms with E-state index in [1.165, 1.54) is 13.3 Å². The smallest absolute Gasteiger partial charge is 0.327 e. The van der Waals surface area contributed by atoms with Crippen LogP contribution in [0.15, 0.2) is 30.5 Å². The van der Waals surface area contributed by atoms with E-state index in [4.69, 9.17) is 9.84 Å². The predicted molar refractivity (Wildman–Crippen MR) is 73.0 cm³/mol. The standard InChI is InChI=1S/C13H14N4O4/c1-21-10-5-3-2-4-9(10)6-12(18)15-11-7-14-17(16-11)8-13(19)20/h2-5,7H,6,8H2,1H3,(H,19,20)(H,15,16,18). The molecule has 0 aliphatic carbocycles. The van der Waals surface area contributed by atoms with Crippen LogP contribution < -0.4 is 10.1 Å². The van der Waals surface area contributed by atoms with Gasteiger partial charge < -0.3 is 15.2 Å². The molecule has 8 heteroatoms. The number of carboxylic acid groups (broad SMARTS) is 1. The third-order valence-electron chi connectivity index (χ3n) is 2.62. The number of benzene rings is 1. The van der Waals surface area contributed by atoms with E-state index in [-0.39, 0.29) is 24.7 Å². The Bertz CT molecular complexity index is 653. The molecule has 0 fully saturated rings. The summed E-state index contributed by atoms with van der Waals surface area (Å²) in [6.45, 7) is -0.359. The van der Waals surface area contributed by atoms with Gasteiger partial charge in [-0.1, -0.05) is 18.2 Å². The van der Waals surface area contributed by atoms with Crippen LogP contribution in [-0.2, 0) is 22.6 Å². The lowest BCUT2D eigenvalue weighted by Crippen LogP contribution is -2.16. The average Bonchev–Trinajstić information content (AvgIpc) is 2.85. The number of hydrogen-bond acceptors (Lipinski definition) is 5. The van der Waals surface area contributed by atoms with Gasteiger partial charge in [0, 0.05) is 5.56 Å². The summed E-state index contributed by atoms with van der Waals surface area (Å²) in [4.78, 5) is 23.4. The molecule has 1 heterocycles. The van der Waals surface area contributed by atoms with E-state index in [0.717, 1.165) is 10.4 Å². The minimum Gasteiger partial charge on any atom is -0.496 e. The number of hydrogen-bond donors (Lipinski definition) is 2. The van der Waals surface area contributed by atoms with Crippen molar-refractivity contribution in [3.8, 4) is 5.75 Å². The van der Waals surface area contributed by atoms with Gasteiger partial charge in [-0.2, -0.15) is 9.90 Å². The highest BCUT2D eigenvalue weighted by Crippen LogP contribution is 2.18. The van der Waals surface area contributed by atoms with Crippen LogP contribution in [0, 0.1) is 0 Å². The quantitative estimate of drug-likeness (QED) is 0.804. The van der Waals surface area contributed by atoms with Crippen molar-refractivity contribution in [3.05, 3.63) is 36.0 Å². The number of carboxylic acids is 1. The number of anilines is 1. The molecule has 0 saturated carbocycles. The minimum absolute atomic E-state index is 0.121. The molecule has 0 bridgehead atoms. The highest BCUT2D eigenvalue weighted by atomic mass is 16.5. The van der Waals surface area contributed by atoms with Crippen LogP contribution in [0.4, 0.5) is 5.82 Å². The number of aromatic nitrogens is 3. The molecule has 0 unspecified atom stereocenters. The Morgan fingerprint density at radius 1 is 1.38 bits per heavy atom. The second-order valence-electron chi connectivity index (χ2n) is 4.19. The van der Waals surface area contributed by atoms with E-state index in [1.54, 1.807) is 12.1 Å². The molecule has 0 aliphatic heterocycles. The van der Waals surface area contributed by atoms with Crippen LogP contribution in [-0.4, -0.2) is 39.1 Å². The first-order valence-corrected chi connectivity index (χ1v) is 6.12. The van der Waals surface area contributed by atoms with E-state index in [2.05, 4.69) is 15.5 Å². The van der Waals surface area contributed by atoms with Crippen LogP contribution in [0.5, 0.6) is 5.75 Å². The van der Waals surface area contributed by atoms with Gasteiger partial charge in [0.05, 0.1) is 19.7 Å². The first-order chi connectivity index (χ1) is 10.1. The molecule has 0 atom stereocenters. The molecular weight excluding hydrogens is 276 g/mol. The van der Waals surface area contributed by atoms with Gasteiger partial charge in [0.25, 0.3) is 0 Å². The monoisotopic (exact) mass is 290 g/mol. The van der Waals surface area contributed by atoms with Gasteiger partial charge in [-0.25, -0.2) is 0 Å². The molecule has 110 valence electrons. The maximum atomic E-state index is 11.9. The Morgan fingerprint density at radius 2 is 2.14 bits per heavy atom. The Kier molecular flexibility index (Phi) is 4.50. The van der Waals surface area contributed by atoms with E-state index in [1.807, 2.05) is 12.1 Å². The van der Waals surface area contributed by atoms with Gasteiger partial charge in [0.1, 0.15) is 5.75 Å². The first kappa shape index (κ1) is 14.5. The summed E-state index contributed by atoms with van der Waals surface area (Å²) < 4.78 is 5.17. The third-order valence-corrected chi connectivity index (χ3v) is 2.62. The molecule has 0 spiro atoms. The number of amides is 1. The predicted octanol–water partition coefficient (Wildman–Crippen LogP) is 0.552. The zero-order valence-electron chi connectivity index (χ0n) is 11.3. The van der Waals surface area contributed by atoms with Crippen molar-refractivity contribution < 1.29 is 19.4 Å². The van der Waals surface area contributed by atoms with Gasteiger partial charge in [0.15, 0.2) is 12.4 Å². The summed E-state index contributed by atoms with van der Waals surface area (Å²) in [7, 11) is 1.54.